The number of carbonyl (C=O) groups excluding carboxylic acids is 1. The molecule has 0 aliphatic heterocycles. The monoisotopic (exact) mass is 184 g/mol. The summed E-state index contributed by atoms with van der Waals surface area (Å²) in [6.07, 6.45) is 6.11. The Bertz CT molecular complexity index is 119. The molecule has 0 unspecified atom stereocenters. The van der Waals surface area contributed by atoms with Crippen LogP contribution in [0.2, 0.25) is 0 Å². The summed E-state index contributed by atoms with van der Waals surface area (Å²) >= 11 is 0. The number of hydrogen-bond donors (Lipinski definition) is 0. The van der Waals surface area contributed by atoms with Crippen LogP contribution in [-0.2, 0) is 9.53 Å². The minimum atomic E-state index is -0.132. The molecular weight excluding hydrogens is 168 g/mol. The minimum absolute atomic E-state index is 0. The van der Waals surface area contributed by atoms with E-state index in [4.69, 9.17) is 4.74 Å². The first-order valence-corrected chi connectivity index (χ1v) is 3.96. The summed E-state index contributed by atoms with van der Waals surface area (Å²) in [4.78, 5) is 10.5. The van der Waals surface area contributed by atoms with E-state index < -0.39 is 0 Å². The van der Waals surface area contributed by atoms with Crippen molar-refractivity contribution >= 4 is 43.7 Å². The molecule has 11 heavy (non-hydrogen) atoms. The molecular formula is C8H16CaO2. The topological polar surface area (TPSA) is 26.3 Å². The second-order valence-electron chi connectivity index (χ2n) is 2.87. The van der Waals surface area contributed by atoms with Gasteiger partial charge in [0.1, 0.15) is 6.10 Å². The van der Waals surface area contributed by atoms with Gasteiger partial charge >= 0.3 is 43.7 Å². The molecule has 1 aliphatic rings. The summed E-state index contributed by atoms with van der Waals surface area (Å²) in [6, 6.07) is 0. The van der Waals surface area contributed by atoms with Crippen LogP contribution in [0.4, 0.5) is 0 Å². The molecule has 0 aromatic rings. The van der Waals surface area contributed by atoms with Gasteiger partial charge < -0.3 is 4.74 Å². The van der Waals surface area contributed by atoms with Crippen molar-refractivity contribution in [3.05, 3.63) is 0 Å². The number of carbonyl (C=O) groups is 1. The van der Waals surface area contributed by atoms with Crippen molar-refractivity contribution in [3.8, 4) is 0 Å². The van der Waals surface area contributed by atoms with E-state index in [0.717, 1.165) is 12.8 Å². The van der Waals surface area contributed by atoms with Gasteiger partial charge in [-0.2, -0.15) is 0 Å². The summed E-state index contributed by atoms with van der Waals surface area (Å²) in [7, 11) is 0. The first-order valence-electron chi connectivity index (χ1n) is 3.96. The van der Waals surface area contributed by atoms with Crippen LogP contribution in [0.25, 0.3) is 0 Å². The maximum absolute atomic E-state index is 10.5. The van der Waals surface area contributed by atoms with Gasteiger partial charge in [0, 0.05) is 6.92 Å². The maximum atomic E-state index is 10.5. The van der Waals surface area contributed by atoms with Crippen molar-refractivity contribution in [2.24, 2.45) is 0 Å². The van der Waals surface area contributed by atoms with Crippen LogP contribution in [0, 0.1) is 0 Å². The normalized spacial score (nSPS) is 18.6. The van der Waals surface area contributed by atoms with E-state index in [-0.39, 0.29) is 49.8 Å². The number of hydrogen-bond acceptors (Lipinski definition) is 2. The Labute approximate surface area is 97.7 Å². The number of rotatable bonds is 1. The van der Waals surface area contributed by atoms with Gasteiger partial charge in [0.25, 0.3) is 0 Å². The third kappa shape index (κ3) is 5.05. The standard InChI is InChI=1S/C8H14O2.Ca.2H/c1-7(9)10-8-5-3-2-4-6-8;;;/h8H,2-6H2,1H3;;;. The Morgan fingerprint density at radius 1 is 1.27 bits per heavy atom. The fourth-order valence-corrected chi connectivity index (χ4v) is 1.42. The predicted octanol–water partition coefficient (Wildman–Crippen LogP) is 0.966. The van der Waals surface area contributed by atoms with E-state index >= 15 is 0 Å². The molecule has 1 fully saturated rings. The van der Waals surface area contributed by atoms with Gasteiger partial charge in [-0.25, -0.2) is 0 Å². The average molecular weight is 184 g/mol. The second kappa shape index (κ2) is 6.27. The van der Waals surface area contributed by atoms with Crippen molar-refractivity contribution in [1.29, 1.82) is 0 Å². The quantitative estimate of drug-likeness (QED) is 0.448. The summed E-state index contributed by atoms with van der Waals surface area (Å²) in [5, 5.41) is 0. The van der Waals surface area contributed by atoms with E-state index in [1.165, 1.54) is 26.2 Å². The fraction of sp³-hybridized carbons (Fsp3) is 0.875. The molecule has 1 aliphatic carbocycles. The van der Waals surface area contributed by atoms with Gasteiger partial charge in [-0.1, -0.05) is 6.42 Å². The van der Waals surface area contributed by atoms with Crippen LogP contribution in [0.1, 0.15) is 39.0 Å². The Morgan fingerprint density at radius 2 is 1.82 bits per heavy atom. The molecule has 0 amide bonds. The number of ether oxygens (including phenoxy) is 1. The molecule has 3 heteroatoms. The molecule has 2 nitrogen and oxygen atoms in total. The summed E-state index contributed by atoms with van der Waals surface area (Å²) < 4.78 is 5.05. The van der Waals surface area contributed by atoms with E-state index in [2.05, 4.69) is 0 Å². The number of esters is 1. The van der Waals surface area contributed by atoms with Crippen LogP contribution in [0.5, 0.6) is 0 Å². The molecule has 0 heterocycles. The van der Waals surface area contributed by atoms with Gasteiger partial charge in [0.15, 0.2) is 0 Å². The third-order valence-electron chi connectivity index (χ3n) is 1.88. The van der Waals surface area contributed by atoms with Crippen LogP contribution < -0.4 is 0 Å². The second-order valence-corrected chi connectivity index (χ2v) is 2.87. The van der Waals surface area contributed by atoms with Crippen molar-refractivity contribution in [2.45, 2.75) is 45.1 Å². The molecule has 0 spiro atoms. The van der Waals surface area contributed by atoms with E-state index in [1.807, 2.05) is 0 Å². The zero-order valence-electron chi connectivity index (χ0n) is 6.43. The predicted molar refractivity (Wildman–Crippen MR) is 47.2 cm³/mol. The molecule has 0 aromatic heterocycles. The van der Waals surface area contributed by atoms with E-state index in [0.29, 0.717) is 0 Å². The van der Waals surface area contributed by atoms with E-state index in [1.54, 1.807) is 0 Å². The third-order valence-corrected chi connectivity index (χ3v) is 1.88. The van der Waals surface area contributed by atoms with Crippen molar-refractivity contribution in [2.75, 3.05) is 0 Å². The molecule has 0 N–H and O–H groups in total. The summed E-state index contributed by atoms with van der Waals surface area (Å²) in [5.41, 5.74) is 0. The zero-order valence-corrected chi connectivity index (χ0v) is 6.43. The fourth-order valence-electron chi connectivity index (χ4n) is 1.42. The summed E-state index contributed by atoms with van der Waals surface area (Å²) in [5.74, 6) is -0.132. The molecule has 1 saturated carbocycles. The summed E-state index contributed by atoms with van der Waals surface area (Å²) in [6.45, 7) is 1.48. The Hall–Kier alpha value is 0.730. The van der Waals surface area contributed by atoms with Gasteiger partial charge in [0.2, 0.25) is 0 Å². The van der Waals surface area contributed by atoms with E-state index in [9.17, 15) is 4.79 Å². The Morgan fingerprint density at radius 3 is 2.27 bits per heavy atom. The van der Waals surface area contributed by atoms with Gasteiger partial charge in [0.05, 0.1) is 0 Å². The van der Waals surface area contributed by atoms with Crippen LogP contribution >= 0.6 is 0 Å². The molecule has 0 atom stereocenters. The SMILES string of the molecule is CC(=O)OC1CCCCC1.[CaH2]. The van der Waals surface area contributed by atoms with Crippen molar-refractivity contribution in [3.63, 3.8) is 0 Å². The Kier molecular flexibility index (Phi) is 6.68. The molecule has 62 valence electrons. The van der Waals surface area contributed by atoms with Crippen LogP contribution in [0.3, 0.4) is 0 Å². The Balaban J connectivity index is 0.000001000. The first kappa shape index (κ1) is 11.7. The van der Waals surface area contributed by atoms with Gasteiger partial charge in [-0.05, 0) is 25.7 Å². The van der Waals surface area contributed by atoms with Crippen molar-refractivity contribution < 1.29 is 9.53 Å². The molecule has 0 saturated heterocycles. The molecule has 0 radical (unpaired) electrons. The molecule has 1 rings (SSSR count). The van der Waals surface area contributed by atoms with Crippen LogP contribution in [-0.4, -0.2) is 49.8 Å². The zero-order chi connectivity index (χ0) is 7.40. The first-order chi connectivity index (χ1) is 4.79. The average Bonchev–Trinajstić information content (AvgIpc) is 1.88. The van der Waals surface area contributed by atoms with Gasteiger partial charge in [-0.3, -0.25) is 4.79 Å². The van der Waals surface area contributed by atoms with Gasteiger partial charge in [-0.15, -0.1) is 0 Å². The van der Waals surface area contributed by atoms with Crippen LogP contribution in [0.15, 0.2) is 0 Å². The molecule has 0 bridgehead atoms. The molecule has 0 aromatic carbocycles. The van der Waals surface area contributed by atoms with Crippen molar-refractivity contribution in [1.82, 2.24) is 0 Å².